The van der Waals surface area contributed by atoms with Crippen molar-refractivity contribution in [2.45, 2.75) is 19.3 Å². The van der Waals surface area contributed by atoms with E-state index in [1.807, 2.05) is 42.8 Å². The predicted octanol–water partition coefficient (Wildman–Crippen LogP) is 3.41. The lowest BCUT2D eigenvalue weighted by atomic mass is 10.0. The van der Waals surface area contributed by atoms with E-state index < -0.39 is 5.97 Å². The third-order valence-corrected chi connectivity index (χ3v) is 3.39. The Labute approximate surface area is 105 Å². The van der Waals surface area contributed by atoms with Gasteiger partial charge in [0, 0.05) is 34.6 Å². The summed E-state index contributed by atoms with van der Waals surface area (Å²) in [6, 6.07) is 7.70. The van der Waals surface area contributed by atoms with Gasteiger partial charge in [-0.05, 0) is 18.2 Å². The molecular weight excluding hydrogens is 238 g/mol. The Morgan fingerprint density at radius 2 is 2.24 bits per heavy atom. The van der Waals surface area contributed by atoms with E-state index in [0.29, 0.717) is 5.02 Å². The summed E-state index contributed by atoms with van der Waals surface area (Å²) in [5, 5.41) is 10.5. The van der Waals surface area contributed by atoms with Crippen molar-refractivity contribution in [3.8, 4) is 0 Å². The van der Waals surface area contributed by atoms with E-state index in [9.17, 15) is 4.79 Å². The van der Waals surface area contributed by atoms with Gasteiger partial charge in [0.15, 0.2) is 0 Å². The summed E-state index contributed by atoms with van der Waals surface area (Å²) in [6.45, 7) is 1.91. The number of carboxylic acids is 1. The van der Waals surface area contributed by atoms with Crippen LogP contribution in [-0.2, 0) is 11.8 Å². The van der Waals surface area contributed by atoms with E-state index in [-0.39, 0.29) is 12.3 Å². The second-order valence-electron chi connectivity index (χ2n) is 4.30. The molecule has 2 rings (SSSR count). The number of aliphatic carboxylic acids is 1. The molecule has 90 valence electrons. The van der Waals surface area contributed by atoms with Crippen LogP contribution in [0, 0.1) is 0 Å². The van der Waals surface area contributed by atoms with E-state index >= 15 is 0 Å². The van der Waals surface area contributed by atoms with Gasteiger partial charge in [0.1, 0.15) is 0 Å². The number of benzene rings is 1. The second-order valence-corrected chi connectivity index (χ2v) is 4.71. The van der Waals surface area contributed by atoms with Gasteiger partial charge in [0.05, 0.1) is 6.42 Å². The highest BCUT2D eigenvalue weighted by atomic mass is 35.5. The number of aromatic nitrogens is 1. The summed E-state index contributed by atoms with van der Waals surface area (Å²) in [4.78, 5) is 10.7. The molecule has 1 atom stereocenters. The molecule has 2 aromatic rings. The van der Waals surface area contributed by atoms with E-state index in [2.05, 4.69) is 0 Å². The number of carboxylic acid groups (broad SMARTS) is 1. The van der Waals surface area contributed by atoms with Gasteiger partial charge < -0.3 is 9.67 Å². The Hall–Kier alpha value is -1.48. The van der Waals surface area contributed by atoms with Crippen molar-refractivity contribution in [1.82, 2.24) is 4.57 Å². The van der Waals surface area contributed by atoms with Crippen molar-refractivity contribution in [1.29, 1.82) is 0 Å². The zero-order valence-electron chi connectivity index (χ0n) is 9.77. The average Bonchev–Trinajstić information content (AvgIpc) is 2.57. The van der Waals surface area contributed by atoms with Crippen LogP contribution in [0.5, 0.6) is 0 Å². The number of carbonyl (C=O) groups is 1. The highest BCUT2D eigenvalue weighted by molar-refractivity contribution is 6.35. The largest absolute Gasteiger partial charge is 0.481 e. The lowest BCUT2D eigenvalue weighted by molar-refractivity contribution is -0.137. The molecule has 0 amide bonds. The first-order valence-corrected chi connectivity index (χ1v) is 5.84. The van der Waals surface area contributed by atoms with Crippen LogP contribution in [0.15, 0.2) is 24.3 Å². The molecule has 4 heteroatoms. The lowest BCUT2D eigenvalue weighted by Crippen LogP contribution is -2.06. The average molecular weight is 252 g/mol. The molecule has 1 aromatic heterocycles. The lowest BCUT2D eigenvalue weighted by Gasteiger charge is -2.10. The molecule has 0 aliphatic rings. The maximum absolute atomic E-state index is 10.7. The van der Waals surface area contributed by atoms with Crippen LogP contribution < -0.4 is 0 Å². The van der Waals surface area contributed by atoms with E-state index in [1.54, 1.807) is 0 Å². The molecule has 0 aliphatic carbocycles. The zero-order valence-corrected chi connectivity index (χ0v) is 10.5. The van der Waals surface area contributed by atoms with Gasteiger partial charge >= 0.3 is 5.97 Å². The predicted molar refractivity (Wildman–Crippen MR) is 68.6 cm³/mol. The Morgan fingerprint density at radius 3 is 2.82 bits per heavy atom. The zero-order chi connectivity index (χ0) is 12.6. The van der Waals surface area contributed by atoms with Gasteiger partial charge in [-0.15, -0.1) is 0 Å². The third kappa shape index (κ3) is 2.15. The highest BCUT2D eigenvalue weighted by Gasteiger charge is 2.16. The number of hydrogen-bond donors (Lipinski definition) is 1. The molecule has 1 heterocycles. The standard InChI is InChI=1S/C13H14ClNO2/c1-8(6-13(16)17)12-7-9-10(14)4-3-5-11(9)15(12)2/h3-5,7-8H,6H2,1-2H3,(H,16,17). The van der Waals surface area contributed by atoms with Crippen molar-refractivity contribution < 1.29 is 9.90 Å². The quantitative estimate of drug-likeness (QED) is 0.908. The molecule has 1 unspecified atom stereocenters. The van der Waals surface area contributed by atoms with E-state index in [1.165, 1.54) is 0 Å². The smallest absolute Gasteiger partial charge is 0.304 e. The Kier molecular flexibility index (Phi) is 3.11. The first-order valence-electron chi connectivity index (χ1n) is 5.46. The SMILES string of the molecule is CC(CC(=O)O)c1cc2c(Cl)cccc2n1C. The molecule has 1 N–H and O–H groups in total. The molecule has 0 spiro atoms. The fraction of sp³-hybridized carbons (Fsp3) is 0.308. The van der Waals surface area contributed by atoms with Crippen LogP contribution in [0.4, 0.5) is 0 Å². The summed E-state index contributed by atoms with van der Waals surface area (Å²) in [7, 11) is 1.94. The molecule has 0 aliphatic heterocycles. The number of fused-ring (bicyclic) bond motifs is 1. The second kappa shape index (κ2) is 4.41. The molecule has 0 saturated heterocycles. The highest BCUT2D eigenvalue weighted by Crippen LogP contribution is 2.30. The topological polar surface area (TPSA) is 42.2 Å². The van der Waals surface area contributed by atoms with Crippen LogP contribution in [0.25, 0.3) is 10.9 Å². The maximum atomic E-state index is 10.7. The fourth-order valence-corrected chi connectivity index (χ4v) is 2.41. The van der Waals surface area contributed by atoms with Crippen LogP contribution in [0.1, 0.15) is 25.0 Å². The van der Waals surface area contributed by atoms with Crippen LogP contribution in [0.2, 0.25) is 5.02 Å². The number of nitrogens with zero attached hydrogens (tertiary/aromatic N) is 1. The molecule has 0 fully saturated rings. The van der Waals surface area contributed by atoms with Crippen molar-refractivity contribution in [2.24, 2.45) is 7.05 Å². The van der Waals surface area contributed by atoms with Crippen molar-refractivity contribution in [3.05, 3.63) is 35.0 Å². The van der Waals surface area contributed by atoms with E-state index in [0.717, 1.165) is 16.6 Å². The Bertz CT molecular complexity index is 574. The molecular formula is C13H14ClNO2. The molecule has 3 nitrogen and oxygen atoms in total. The summed E-state index contributed by atoms with van der Waals surface area (Å²) in [5.74, 6) is -0.810. The van der Waals surface area contributed by atoms with Crippen molar-refractivity contribution in [3.63, 3.8) is 0 Å². The molecule has 0 bridgehead atoms. The maximum Gasteiger partial charge on any atom is 0.304 e. The molecule has 0 saturated carbocycles. The summed E-state index contributed by atoms with van der Waals surface area (Å²) < 4.78 is 2.01. The number of rotatable bonds is 3. The van der Waals surface area contributed by atoms with Gasteiger partial charge in [0.2, 0.25) is 0 Å². The first-order chi connectivity index (χ1) is 8.00. The van der Waals surface area contributed by atoms with Crippen molar-refractivity contribution in [2.75, 3.05) is 0 Å². The van der Waals surface area contributed by atoms with Gasteiger partial charge in [-0.25, -0.2) is 0 Å². The first kappa shape index (κ1) is 12.0. The molecule has 0 radical (unpaired) electrons. The summed E-state index contributed by atoms with van der Waals surface area (Å²) in [5.41, 5.74) is 2.03. The van der Waals surface area contributed by atoms with Crippen LogP contribution in [0.3, 0.4) is 0 Å². The van der Waals surface area contributed by atoms with Crippen LogP contribution >= 0.6 is 11.6 Å². The fourth-order valence-electron chi connectivity index (χ4n) is 2.18. The van der Waals surface area contributed by atoms with Gasteiger partial charge in [0.25, 0.3) is 0 Å². The Balaban J connectivity index is 2.52. The monoisotopic (exact) mass is 251 g/mol. The summed E-state index contributed by atoms with van der Waals surface area (Å²) >= 11 is 6.12. The molecule has 1 aromatic carbocycles. The Morgan fingerprint density at radius 1 is 1.53 bits per heavy atom. The molecule has 17 heavy (non-hydrogen) atoms. The van der Waals surface area contributed by atoms with Crippen LogP contribution in [-0.4, -0.2) is 15.6 Å². The van der Waals surface area contributed by atoms with Gasteiger partial charge in [-0.3, -0.25) is 4.79 Å². The minimum Gasteiger partial charge on any atom is -0.481 e. The third-order valence-electron chi connectivity index (χ3n) is 3.06. The number of halogens is 1. The minimum absolute atomic E-state index is 0.0269. The van der Waals surface area contributed by atoms with Gasteiger partial charge in [-0.2, -0.15) is 0 Å². The number of hydrogen-bond acceptors (Lipinski definition) is 1. The normalized spacial score (nSPS) is 12.9. The summed E-state index contributed by atoms with van der Waals surface area (Å²) in [6.07, 6.45) is 0.127. The number of aryl methyl sites for hydroxylation is 1. The van der Waals surface area contributed by atoms with E-state index in [4.69, 9.17) is 16.7 Å². The minimum atomic E-state index is -0.783. The van der Waals surface area contributed by atoms with Gasteiger partial charge in [-0.1, -0.05) is 24.6 Å². The van der Waals surface area contributed by atoms with Crippen molar-refractivity contribution >= 4 is 28.5 Å².